The molecule has 3 rings (SSSR count). The predicted molar refractivity (Wildman–Crippen MR) is 126 cm³/mol. The zero-order valence-electron chi connectivity index (χ0n) is 20.2. The van der Waals surface area contributed by atoms with Crippen molar-refractivity contribution in [2.45, 2.75) is 121 Å². The van der Waals surface area contributed by atoms with Crippen molar-refractivity contribution in [3.8, 4) is 0 Å². The number of urea groups is 1. The van der Waals surface area contributed by atoms with Crippen LogP contribution < -0.4 is 16.0 Å². The van der Waals surface area contributed by atoms with Crippen molar-refractivity contribution < 1.29 is 24.2 Å². The first-order valence-corrected chi connectivity index (χ1v) is 13.1. The lowest BCUT2D eigenvalue weighted by Crippen LogP contribution is -2.50. The highest BCUT2D eigenvalue weighted by Gasteiger charge is 2.30. The standard InChI is InChI=1S/C25H43N3O5/c1-17-6-2-3-7-20(17)28-25(32)26-19-12-10-18(11-13-19)16-23(29)27-21-8-4-5-9-22(21)33-15-14-24(30)31/h17-22H,2-16H2,1H3,(H,27,29)(H,30,31)(H2,26,28,32). The summed E-state index contributed by atoms with van der Waals surface area (Å²) in [6.45, 7) is 2.41. The first-order valence-electron chi connectivity index (χ1n) is 13.1. The van der Waals surface area contributed by atoms with Crippen LogP contribution in [0.4, 0.5) is 4.79 Å². The zero-order valence-corrected chi connectivity index (χ0v) is 20.2. The second-order valence-corrected chi connectivity index (χ2v) is 10.4. The first-order chi connectivity index (χ1) is 15.9. The van der Waals surface area contributed by atoms with Crippen molar-refractivity contribution in [2.24, 2.45) is 11.8 Å². The molecular formula is C25H43N3O5. The van der Waals surface area contributed by atoms with Gasteiger partial charge in [-0.3, -0.25) is 9.59 Å². The molecule has 0 aromatic rings. The van der Waals surface area contributed by atoms with E-state index in [1.165, 1.54) is 19.3 Å². The lowest BCUT2D eigenvalue weighted by Gasteiger charge is -2.34. The molecule has 0 spiro atoms. The third-order valence-electron chi connectivity index (χ3n) is 7.78. The van der Waals surface area contributed by atoms with Crippen LogP contribution in [0.1, 0.15) is 96.8 Å². The molecule has 8 heteroatoms. The molecule has 4 atom stereocenters. The van der Waals surface area contributed by atoms with E-state index in [4.69, 9.17) is 9.84 Å². The molecule has 0 aliphatic heterocycles. The first kappa shape index (κ1) is 25.8. The van der Waals surface area contributed by atoms with Gasteiger partial charge in [-0.05, 0) is 63.2 Å². The Labute approximate surface area is 198 Å². The fourth-order valence-electron chi connectivity index (χ4n) is 5.72. The van der Waals surface area contributed by atoms with E-state index in [9.17, 15) is 14.4 Å². The summed E-state index contributed by atoms with van der Waals surface area (Å²) in [6.07, 6.45) is 12.7. The number of rotatable bonds is 9. The van der Waals surface area contributed by atoms with Gasteiger partial charge in [0.25, 0.3) is 0 Å². The molecule has 3 aliphatic rings. The van der Waals surface area contributed by atoms with E-state index in [1.54, 1.807) is 0 Å². The van der Waals surface area contributed by atoms with Crippen molar-refractivity contribution in [3.05, 3.63) is 0 Å². The normalized spacial score (nSPS) is 32.5. The van der Waals surface area contributed by atoms with Crippen molar-refractivity contribution in [1.82, 2.24) is 16.0 Å². The van der Waals surface area contributed by atoms with Crippen LogP contribution in [0.5, 0.6) is 0 Å². The Hall–Kier alpha value is -1.83. The monoisotopic (exact) mass is 465 g/mol. The number of carbonyl (C=O) groups is 3. The summed E-state index contributed by atoms with van der Waals surface area (Å²) in [7, 11) is 0. The van der Waals surface area contributed by atoms with E-state index in [2.05, 4.69) is 22.9 Å². The van der Waals surface area contributed by atoms with Gasteiger partial charge in [0.1, 0.15) is 0 Å². The molecule has 3 saturated carbocycles. The topological polar surface area (TPSA) is 117 Å². The third-order valence-corrected chi connectivity index (χ3v) is 7.78. The summed E-state index contributed by atoms with van der Waals surface area (Å²) in [5, 5.41) is 18.3. The summed E-state index contributed by atoms with van der Waals surface area (Å²) in [5.74, 6) is 0.0937. The van der Waals surface area contributed by atoms with Gasteiger partial charge in [0.05, 0.1) is 25.2 Å². The number of carbonyl (C=O) groups excluding carboxylic acids is 2. The fraction of sp³-hybridized carbons (Fsp3) is 0.880. The maximum absolute atomic E-state index is 12.7. The molecule has 3 aliphatic carbocycles. The molecule has 4 N–H and O–H groups in total. The molecule has 0 radical (unpaired) electrons. The van der Waals surface area contributed by atoms with E-state index in [1.807, 2.05) is 0 Å². The van der Waals surface area contributed by atoms with E-state index in [-0.39, 0.29) is 49.2 Å². The number of carboxylic acids is 1. The van der Waals surface area contributed by atoms with Gasteiger partial charge in [-0.15, -0.1) is 0 Å². The second-order valence-electron chi connectivity index (χ2n) is 10.4. The van der Waals surface area contributed by atoms with Crippen LogP contribution in [0.3, 0.4) is 0 Å². The highest BCUT2D eigenvalue weighted by molar-refractivity contribution is 5.76. The molecule has 8 nitrogen and oxygen atoms in total. The van der Waals surface area contributed by atoms with Gasteiger partial charge in [0.15, 0.2) is 0 Å². The molecule has 188 valence electrons. The number of aliphatic carboxylic acids is 1. The van der Waals surface area contributed by atoms with Gasteiger partial charge in [-0.1, -0.05) is 32.6 Å². The Morgan fingerprint density at radius 1 is 0.818 bits per heavy atom. The van der Waals surface area contributed by atoms with Gasteiger partial charge in [0.2, 0.25) is 5.91 Å². The van der Waals surface area contributed by atoms with E-state index in [0.29, 0.717) is 18.3 Å². The summed E-state index contributed by atoms with van der Waals surface area (Å²) < 4.78 is 5.77. The van der Waals surface area contributed by atoms with E-state index < -0.39 is 5.97 Å². The Bertz CT molecular complexity index is 650. The molecule has 0 aromatic carbocycles. The quantitative estimate of drug-likeness (QED) is 0.414. The number of nitrogens with one attached hydrogen (secondary N) is 3. The Morgan fingerprint density at radius 2 is 1.48 bits per heavy atom. The van der Waals surface area contributed by atoms with Crippen LogP contribution in [0, 0.1) is 11.8 Å². The molecule has 0 heterocycles. The van der Waals surface area contributed by atoms with Gasteiger partial charge >= 0.3 is 12.0 Å². The van der Waals surface area contributed by atoms with Gasteiger partial charge in [-0.25, -0.2) is 4.79 Å². The average molecular weight is 466 g/mol. The molecule has 0 bridgehead atoms. The van der Waals surface area contributed by atoms with Crippen LogP contribution in [-0.2, 0) is 14.3 Å². The molecule has 0 aromatic heterocycles. The van der Waals surface area contributed by atoms with Crippen molar-refractivity contribution in [2.75, 3.05) is 6.61 Å². The largest absolute Gasteiger partial charge is 0.481 e. The summed E-state index contributed by atoms with van der Waals surface area (Å²) in [4.78, 5) is 35.8. The zero-order chi connectivity index (χ0) is 23.6. The van der Waals surface area contributed by atoms with Crippen LogP contribution in [0.2, 0.25) is 0 Å². The average Bonchev–Trinajstić information content (AvgIpc) is 2.77. The van der Waals surface area contributed by atoms with Gasteiger partial charge in [0, 0.05) is 18.5 Å². The lowest BCUT2D eigenvalue weighted by atomic mass is 9.83. The molecular weight excluding hydrogens is 422 g/mol. The lowest BCUT2D eigenvalue weighted by molar-refractivity contribution is -0.139. The smallest absolute Gasteiger partial charge is 0.315 e. The van der Waals surface area contributed by atoms with E-state index in [0.717, 1.165) is 57.8 Å². The van der Waals surface area contributed by atoms with Crippen LogP contribution in [0.25, 0.3) is 0 Å². The van der Waals surface area contributed by atoms with Crippen molar-refractivity contribution in [1.29, 1.82) is 0 Å². The van der Waals surface area contributed by atoms with Crippen molar-refractivity contribution in [3.63, 3.8) is 0 Å². The van der Waals surface area contributed by atoms with Crippen LogP contribution >= 0.6 is 0 Å². The number of carboxylic acid groups (broad SMARTS) is 1. The highest BCUT2D eigenvalue weighted by atomic mass is 16.5. The summed E-state index contributed by atoms with van der Waals surface area (Å²) in [6, 6.07) is 0.411. The fourth-order valence-corrected chi connectivity index (χ4v) is 5.72. The van der Waals surface area contributed by atoms with Crippen molar-refractivity contribution >= 4 is 17.9 Å². The Kier molecular flexibility index (Phi) is 10.3. The molecule has 3 fully saturated rings. The van der Waals surface area contributed by atoms with Crippen LogP contribution in [-0.4, -0.2) is 53.9 Å². The molecule has 3 amide bonds. The van der Waals surface area contributed by atoms with Crippen LogP contribution in [0.15, 0.2) is 0 Å². The summed E-state index contributed by atoms with van der Waals surface area (Å²) >= 11 is 0. The minimum Gasteiger partial charge on any atom is -0.481 e. The predicted octanol–water partition coefficient (Wildman–Crippen LogP) is 3.73. The highest BCUT2D eigenvalue weighted by Crippen LogP contribution is 2.28. The number of hydrogen-bond donors (Lipinski definition) is 4. The Morgan fingerprint density at radius 3 is 2.18 bits per heavy atom. The molecule has 33 heavy (non-hydrogen) atoms. The Balaban J connectivity index is 1.33. The maximum Gasteiger partial charge on any atom is 0.315 e. The number of hydrogen-bond acceptors (Lipinski definition) is 4. The third kappa shape index (κ3) is 8.80. The van der Waals surface area contributed by atoms with E-state index >= 15 is 0 Å². The minimum absolute atomic E-state index is 0.00779. The maximum atomic E-state index is 12.7. The minimum atomic E-state index is -0.863. The molecule has 0 saturated heterocycles. The second kappa shape index (κ2) is 13.2. The molecule has 4 unspecified atom stereocenters. The SMILES string of the molecule is CC1CCCCC1NC(=O)NC1CCC(CC(=O)NC2CCCCC2OCCC(=O)O)CC1. The van der Waals surface area contributed by atoms with Gasteiger partial charge < -0.3 is 25.8 Å². The number of amides is 3. The summed E-state index contributed by atoms with van der Waals surface area (Å²) in [5.41, 5.74) is 0. The van der Waals surface area contributed by atoms with Gasteiger partial charge in [-0.2, -0.15) is 0 Å². The number of ether oxygens (including phenoxy) is 1.